The van der Waals surface area contributed by atoms with Crippen molar-refractivity contribution in [1.29, 1.82) is 0 Å². The van der Waals surface area contributed by atoms with Crippen LogP contribution >= 0.6 is 0 Å². The van der Waals surface area contributed by atoms with Gasteiger partial charge >= 0.3 is 11.9 Å². The first kappa shape index (κ1) is 28.3. The van der Waals surface area contributed by atoms with Crippen molar-refractivity contribution in [1.82, 2.24) is 16.0 Å². The Morgan fingerprint density at radius 3 is 1.88 bits per heavy atom. The molecule has 0 fully saturated rings. The first-order valence-electron chi connectivity index (χ1n) is 10.4. The largest absolute Gasteiger partial charge is 0.508 e. The third-order valence-corrected chi connectivity index (χ3v) is 4.79. The number of carbonyl (C=O) groups is 5. The maximum Gasteiger partial charge on any atom is 0.326 e. The maximum absolute atomic E-state index is 12.5. The molecule has 1 aromatic rings. The molecule has 0 bridgehead atoms. The minimum Gasteiger partial charge on any atom is -0.508 e. The Balaban J connectivity index is 2.84. The van der Waals surface area contributed by atoms with E-state index < -0.39 is 72.8 Å². The van der Waals surface area contributed by atoms with Crippen molar-refractivity contribution in [2.75, 3.05) is 6.61 Å². The van der Waals surface area contributed by atoms with Gasteiger partial charge in [0.2, 0.25) is 17.7 Å². The Bertz CT molecular complexity index is 889. The SMILES string of the molecule is CC(C)C(NC(=O)C(CC(=O)O)NC(=O)C(CO)NC(=O)C(N)Cc1ccc(O)cc1)C(=O)O. The number of phenols is 1. The standard InChI is InChI=1S/C21H30N4O9/c1-10(2)17(21(33)34)25-19(31)14(8-16(28)29)23-20(32)15(9-26)24-18(30)13(22)7-11-3-5-12(27)6-4-11/h3-6,10,13-15,17,26-27H,7-9,22H2,1-2H3,(H,23,32)(H,24,30)(H,25,31)(H,28,29)(H,33,34). The third kappa shape index (κ3) is 9.03. The lowest BCUT2D eigenvalue weighted by Gasteiger charge is -2.24. The summed E-state index contributed by atoms with van der Waals surface area (Å²) in [6.07, 6.45) is -0.809. The number of carboxylic acids is 2. The number of benzene rings is 1. The molecule has 0 heterocycles. The number of aliphatic hydroxyl groups excluding tert-OH is 1. The molecule has 34 heavy (non-hydrogen) atoms. The summed E-state index contributed by atoms with van der Waals surface area (Å²) in [6.45, 7) is 2.18. The molecule has 0 spiro atoms. The van der Waals surface area contributed by atoms with Gasteiger partial charge in [-0.1, -0.05) is 26.0 Å². The summed E-state index contributed by atoms with van der Waals surface area (Å²) < 4.78 is 0. The normalized spacial score (nSPS) is 14.4. The van der Waals surface area contributed by atoms with Gasteiger partial charge in [0.25, 0.3) is 0 Å². The lowest BCUT2D eigenvalue weighted by atomic mass is 10.0. The van der Waals surface area contributed by atoms with E-state index in [0.29, 0.717) is 5.56 Å². The van der Waals surface area contributed by atoms with E-state index >= 15 is 0 Å². The number of aliphatic hydroxyl groups is 1. The van der Waals surface area contributed by atoms with Gasteiger partial charge in [0.1, 0.15) is 23.9 Å². The van der Waals surface area contributed by atoms with Gasteiger partial charge < -0.3 is 42.1 Å². The molecule has 0 aliphatic carbocycles. The number of rotatable bonds is 13. The highest BCUT2D eigenvalue weighted by Crippen LogP contribution is 2.11. The minimum absolute atomic E-state index is 0.0295. The fourth-order valence-corrected chi connectivity index (χ4v) is 2.88. The summed E-state index contributed by atoms with van der Waals surface area (Å²) in [5, 5.41) is 43.6. The van der Waals surface area contributed by atoms with Crippen molar-refractivity contribution in [3.63, 3.8) is 0 Å². The van der Waals surface area contributed by atoms with Crippen LogP contribution in [0.15, 0.2) is 24.3 Å². The Kier molecular flexibility index (Phi) is 10.9. The zero-order valence-electron chi connectivity index (χ0n) is 18.7. The second-order valence-electron chi connectivity index (χ2n) is 7.95. The molecule has 0 aliphatic rings. The van der Waals surface area contributed by atoms with Gasteiger partial charge in [0, 0.05) is 0 Å². The number of carboxylic acid groups (broad SMARTS) is 2. The molecule has 0 radical (unpaired) electrons. The highest BCUT2D eigenvalue weighted by atomic mass is 16.4. The number of nitrogens with one attached hydrogen (secondary N) is 3. The maximum atomic E-state index is 12.5. The van der Waals surface area contributed by atoms with Crippen LogP contribution in [0.2, 0.25) is 0 Å². The Morgan fingerprint density at radius 2 is 1.41 bits per heavy atom. The van der Waals surface area contributed by atoms with Crippen molar-refractivity contribution in [3.05, 3.63) is 29.8 Å². The molecule has 0 saturated heterocycles. The molecule has 3 amide bonds. The van der Waals surface area contributed by atoms with E-state index in [9.17, 15) is 39.3 Å². The van der Waals surface area contributed by atoms with Crippen molar-refractivity contribution < 1.29 is 44.4 Å². The van der Waals surface area contributed by atoms with Gasteiger partial charge in [-0.3, -0.25) is 19.2 Å². The topological polar surface area (TPSA) is 228 Å². The number of hydrogen-bond donors (Lipinski definition) is 8. The summed E-state index contributed by atoms with van der Waals surface area (Å²) in [7, 11) is 0. The molecule has 13 nitrogen and oxygen atoms in total. The van der Waals surface area contributed by atoms with Crippen LogP contribution in [-0.4, -0.2) is 80.9 Å². The first-order chi connectivity index (χ1) is 15.8. The van der Waals surface area contributed by atoms with Crippen LogP contribution in [0.1, 0.15) is 25.8 Å². The van der Waals surface area contributed by atoms with Crippen LogP contribution in [0, 0.1) is 5.92 Å². The van der Waals surface area contributed by atoms with Gasteiger partial charge in [-0.2, -0.15) is 0 Å². The van der Waals surface area contributed by atoms with Gasteiger partial charge in [-0.05, 0) is 30.0 Å². The second-order valence-corrected chi connectivity index (χ2v) is 7.95. The second kappa shape index (κ2) is 13.1. The first-order valence-corrected chi connectivity index (χ1v) is 10.4. The van der Waals surface area contributed by atoms with Gasteiger partial charge in [-0.25, -0.2) is 4.79 Å². The molecule has 1 aromatic carbocycles. The van der Waals surface area contributed by atoms with Gasteiger partial charge in [-0.15, -0.1) is 0 Å². The van der Waals surface area contributed by atoms with Gasteiger partial charge in [0.05, 0.1) is 19.1 Å². The van der Waals surface area contributed by atoms with Crippen molar-refractivity contribution in [2.45, 2.75) is 50.9 Å². The predicted molar refractivity (Wildman–Crippen MR) is 117 cm³/mol. The van der Waals surface area contributed by atoms with Crippen LogP contribution in [0.3, 0.4) is 0 Å². The number of carbonyl (C=O) groups excluding carboxylic acids is 3. The molecule has 4 atom stereocenters. The zero-order chi connectivity index (χ0) is 26.0. The zero-order valence-corrected chi connectivity index (χ0v) is 18.7. The summed E-state index contributed by atoms with van der Waals surface area (Å²) in [4.78, 5) is 59.8. The Hall–Kier alpha value is -3.71. The molecule has 13 heteroatoms. The molecule has 0 saturated carbocycles. The summed E-state index contributed by atoms with van der Waals surface area (Å²) >= 11 is 0. The molecule has 0 aromatic heterocycles. The molecule has 188 valence electrons. The monoisotopic (exact) mass is 482 g/mol. The van der Waals surface area contributed by atoms with Crippen molar-refractivity contribution >= 4 is 29.7 Å². The Labute approximate surface area is 195 Å². The fourth-order valence-electron chi connectivity index (χ4n) is 2.88. The number of hydrogen-bond acceptors (Lipinski definition) is 8. The van der Waals surface area contributed by atoms with Crippen LogP contribution in [-0.2, 0) is 30.4 Å². The number of phenolic OH excluding ortho intramolecular Hbond substituents is 1. The molecule has 0 aliphatic heterocycles. The average molecular weight is 482 g/mol. The van der Waals surface area contributed by atoms with E-state index in [-0.39, 0.29) is 12.2 Å². The summed E-state index contributed by atoms with van der Waals surface area (Å²) in [5.74, 6) is -6.20. The predicted octanol–water partition coefficient (Wildman–Crippen LogP) is -2.08. The number of nitrogens with two attached hydrogens (primary N) is 1. The summed E-state index contributed by atoms with van der Waals surface area (Å²) in [5.41, 5.74) is 6.46. The quantitative estimate of drug-likeness (QED) is 0.153. The summed E-state index contributed by atoms with van der Waals surface area (Å²) in [6, 6.07) is 0.256. The van der Waals surface area contributed by atoms with Crippen LogP contribution in [0.5, 0.6) is 5.75 Å². The van der Waals surface area contributed by atoms with E-state index in [1.165, 1.54) is 26.0 Å². The van der Waals surface area contributed by atoms with E-state index in [1.807, 2.05) is 0 Å². The molecular weight excluding hydrogens is 452 g/mol. The van der Waals surface area contributed by atoms with Gasteiger partial charge in [0.15, 0.2) is 0 Å². The molecule has 9 N–H and O–H groups in total. The van der Waals surface area contributed by atoms with E-state index in [2.05, 4.69) is 16.0 Å². The van der Waals surface area contributed by atoms with E-state index in [0.717, 1.165) is 0 Å². The number of aliphatic carboxylic acids is 2. The highest BCUT2D eigenvalue weighted by Gasteiger charge is 2.32. The lowest BCUT2D eigenvalue weighted by molar-refractivity contribution is -0.144. The average Bonchev–Trinajstić information content (AvgIpc) is 2.75. The molecule has 1 rings (SSSR count). The van der Waals surface area contributed by atoms with E-state index in [1.54, 1.807) is 12.1 Å². The van der Waals surface area contributed by atoms with Crippen LogP contribution in [0.25, 0.3) is 0 Å². The minimum atomic E-state index is -1.66. The number of aromatic hydroxyl groups is 1. The molecule has 4 unspecified atom stereocenters. The van der Waals surface area contributed by atoms with E-state index in [4.69, 9.17) is 10.8 Å². The molecular formula is C21H30N4O9. The smallest absolute Gasteiger partial charge is 0.326 e. The van der Waals surface area contributed by atoms with Crippen molar-refractivity contribution in [3.8, 4) is 5.75 Å². The van der Waals surface area contributed by atoms with Crippen LogP contribution < -0.4 is 21.7 Å². The van der Waals surface area contributed by atoms with Crippen molar-refractivity contribution in [2.24, 2.45) is 11.7 Å². The number of amides is 3. The fraction of sp³-hybridized carbons (Fsp3) is 0.476. The highest BCUT2D eigenvalue weighted by molar-refractivity contribution is 5.95. The Morgan fingerprint density at radius 1 is 0.882 bits per heavy atom. The van der Waals surface area contributed by atoms with Crippen LogP contribution in [0.4, 0.5) is 0 Å². The lowest BCUT2D eigenvalue weighted by Crippen LogP contribution is -2.59. The third-order valence-electron chi connectivity index (χ3n) is 4.79.